The Hall–Kier alpha value is -1.88. The minimum Gasteiger partial charge on any atom is -0.385 e. The van der Waals surface area contributed by atoms with Crippen molar-refractivity contribution in [2.45, 2.75) is 26.4 Å². The SMILES string of the molecule is CCOC(C)c1noc(CCNc2ccccc2)n1. The fourth-order valence-corrected chi connectivity index (χ4v) is 1.73. The van der Waals surface area contributed by atoms with Crippen LogP contribution < -0.4 is 5.32 Å². The van der Waals surface area contributed by atoms with Crippen LogP contribution in [0.4, 0.5) is 5.69 Å². The number of anilines is 1. The smallest absolute Gasteiger partial charge is 0.228 e. The molecular formula is C14H19N3O2. The van der Waals surface area contributed by atoms with E-state index in [1.165, 1.54) is 0 Å². The van der Waals surface area contributed by atoms with Gasteiger partial charge in [0.1, 0.15) is 6.10 Å². The predicted molar refractivity (Wildman–Crippen MR) is 73.0 cm³/mol. The van der Waals surface area contributed by atoms with Crippen LogP contribution in [0, 0.1) is 0 Å². The summed E-state index contributed by atoms with van der Waals surface area (Å²) in [6, 6.07) is 10.0. The number of ether oxygens (including phenoxy) is 1. The topological polar surface area (TPSA) is 60.2 Å². The zero-order valence-corrected chi connectivity index (χ0v) is 11.3. The molecular weight excluding hydrogens is 242 g/mol. The second-order valence-electron chi connectivity index (χ2n) is 4.19. The summed E-state index contributed by atoms with van der Waals surface area (Å²) in [6.45, 7) is 5.26. The lowest BCUT2D eigenvalue weighted by Gasteiger charge is -2.05. The lowest BCUT2D eigenvalue weighted by molar-refractivity contribution is 0.0683. The first-order chi connectivity index (χ1) is 9.29. The first-order valence-corrected chi connectivity index (χ1v) is 6.52. The molecule has 0 radical (unpaired) electrons. The number of benzene rings is 1. The molecule has 0 aliphatic carbocycles. The van der Waals surface area contributed by atoms with Crippen molar-refractivity contribution in [1.29, 1.82) is 0 Å². The van der Waals surface area contributed by atoms with Crippen molar-refractivity contribution in [3.63, 3.8) is 0 Å². The first kappa shape index (κ1) is 13.5. The molecule has 0 amide bonds. The van der Waals surface area contributed by atoms with E-state index in [4.69, 9.17) is 9.26 Å². The van der Waals surface area contributed by atoms with Gasteiger partial charge in [0.15, 0.2) is 5.82 Å². The van der Waals surface area contributed by atoms with Gasteiger partial charge in [-0.15, -0.1) is 0 Å². The Morgan fingerprint density at radius 1 is 1.32 bits per heavy atom. The van der Waals surface area contributed by atoms with Crippen molar-refractivity contribution in [2.75, 3.05) is 18.5 Å². The van der Waals surface area contributed by atoms with Gasteiger partial charge in [-0.2, -0.15) is 4.98 Å². The van der Waals surface area contributed by atoms with Crippen LogP contribution in [0.2, 0.25) is 0 Å². The van der Waals surface area contributed by atoms with Gasteiger partial charge in [0.2, 0.25) is 5.89 Å². The van der Waals surface area contributed by atoms with Crippen LogP contribution in [0.5, 0.6) is 0 Å². The summed E-state index contributed by atoms with van der Waals surface area (Å²) in [5.41, 5.74) is 1.09. The van der Waals surface area contributed by atoms with E-state index < -0.39 is 0 Å². The summed E-state index contributed by atoms with van der Waals surface area (Å²) in [4.78, 5) is 4.32. The summed E-state index contributed by atoms with van der Waals surface area (Å²) in [6.07, 6.45) is 0.574. The Kier molecular flexibility index (Phi) is 4.92. The zero-order chi connectivity index (χ0) is 13.5. The second-order valence-corrected chi connectivity index (χ2v) is 4.19. The molecule has 2 rings (SSSR count). The first-order valence-electron chi connectivity index (χ1n) is 6.52. The number of hydrogen-bond donors (Lipinski definition) is 1. The zero-order valence-electron chi connectivity index (χ0n) is 11.3. The Morgan fingerprint density at radius 2 is 2.11 bits per heavy atom. The van der Waals surface area contributed by atoms with Gasteiger partial charge in [0, 0.05) is 25.3 Å². The molecule has 1 atom stereocenters. The van der Waals surface area contributed by atoms with E-state index in [2.05, 4.69) is 15.5 Å². The van der Waals surface area contributed by atoms with E-state index in [-0.39, 0.29) is 6.10 Å². The maximum absolute atomic E-state index is 5.41. The van der Waals surface area contributed by atoms with Gasteiger partial charge >= 0.3 is 0 Å². The monoisotopic (exact) mass is 261 g/mol. The third kappa shape index (κ3) is 4.06. The van der Waals surface area contributed by atoms with Gasteiger partial charge in [0.05, 0.1) is 0 Å². The Balaban J connectivity index is 1.80. The molecule has 5 heteroatoms. The summed E-state index contributed by atoms with van der Waals surface area (Å²) in [7, 11) is 0. The lowest BCUT2D eigenvalue weighted by Crippen LogP contribution is -2.05. The molecule has 0 fully saturated rings. The van der Waals surface area contributed by atoms with Crippen molar-refractivity contribution in [3.05, 3.63) is 42.0 Å². The van der Waals surface area contributed by atoms with Gasteiger partial charge in [-0.1, -0.05) is 23.4 Å². The average Bonchev–Trinajstić information content (AvgIpc) is 2.89. The molecule has 0 bridgehead atoms. The molecule has 0 spiro atoms. The normalized spacial score (nSPS) is 12.3. The van der Waals surface area contributed by atoms with Crippen LogP contribution >= 0.6 is 0 Å². The van der Waals surface area contributed by atoms with E-state index in [1.807, 2.05) is 44.2 Å². The number of rotatable bonds is 7. The second kappa shape index (κ2) is 6.89. The molecule has 1 aromatic heterocycles. The Bertz CT molecular complexity index is 484. The maximum Gasteiger partial charge on any atom is 0.228 e. The quantitative estimate of drug-likeness (QED) is 0.830. The van der Waals surface area contributed by atoms with E-state index in [1.54, 1.807) is 0 Å². The molecule has 0 saturated heterocycles. The van der Waals surface area contributed by atoms with E-state index in [0.717, 1.165) is 12.2 Å². The molecule has 0 aliphatic rings. The van der Waals surface area contributed by atoms with Crippen LogP contribution in [-0.4, -0.2) is 23.3 Å². The summed E-state index contributed by atoms with van der Waals surface area (Å²) in [5, 5.41) is 7.22. The maximum atomic E-state index is 5.41. The van der Waals surface area contributed by atoms with E-state index in [9.17, 15) is 0 Å². The third-order valence-corrected chi connectivity index (χ3v) is 2.71. The predicted octanol–water partition coefficient (Wildman–Crippen LogP) is 2.82. The minimum atomic E-state index is -0.121. The van der Waals surface area contributed by atoms with Gasteiger partial charge in [-0.3, -0.25) is 0 Å². The van der Waals surface area contributed by atoms with Crippen LogP contribution in [0.1, 0.15) is 31.7 Å². The fourth-order valence-electron chi connectivity index (χ4n) is 1.73. The van der Waals surface area contributed by atoms with Gasteiger partial charge in [-0.25, -0.2) is 0 Å². The highest BCUT2D eigenvalue weighted by molar-refractivity contribution is 5.42. The highest BCUT2D eigenvalue weighted by Crippen LogP contribution is 2.13. The highest BCUT2D eigenvalue weighted by Gasteiger charge is 2.13. The third-order valence-electron chi connectivity index (χ3n) is 2.71. The van der Waals surface area contributed by atoms with Gasteiger partial charge in [0.25, 0.3) is 0 Å². The fraction of sp³-hybridized carbons (Fsp3) is 0.429. The summed E-state index contributed by atoms with van der Waals surface area (Å²) < 4.78 is 10.6. The van der Waals surface area contributed by atoms with E-state index >= 15 is 0 Å². The van der Waals surface area contributed by atoms with Crippen LogP contribution in [0.25, 0.3) is 0 Å². The molecule has 2 aromatic rings. The van der Waals surface area contributed by atoms with E-state index in [0.29, 0.717) is 24.7 Å². The summed E-state index contributed by atoms with van der Waals surface area (Å²) >= 11 is 0. The van der Waals surface area contributed by atoms with Crippen molar-refractivity contribution >= 4 is 5.69 Å². The number of nitrogens with zero attached hydrogens (tertiary/aromatic N) is 2. The highest BCUT2D eigenvalue weighted by atomic mass is 16.5. The molecule has 0 aliphatic heterocycles. The number of aromatic nitrogens is 2. The van der Waals surface area contributed by atoms with Crippen molar-refractivity contribution in [2.24, 2.45) is 0 Å². The Morgan fingerprint density at radius 3 is 2.84 bits per heavy atom. The standard InChI is InChI=1S/C14H19N3O2/c1-3-18-11(2)14-16-13(19-17-14)9-10-15-12-7-5-4-6-8-12/h4-8,11,15H,3,9-10H2,1-2H3. The molecule has 1 N–H and O–H groups in total. The number of hydrogen-bond acceptors (Lipinski definition) is 5. The lowest BCUT2D eigenvalue weighted by atomic mass is 10.3. The van der Waals surface area contributed by atoms with Crippen LogP contribution in [0.15, 0.2) is 34.9 Å². The van der Waals surface area contributed by atoms with Crippen molar-refractivity contribution in [3.8, 4) is 0 Å². The largest absolute Gasteiger partial charge is 0.385 e. The molecule has 102 valence electrons. The van der Waals surface area contributed by atoms with Crippen molar-refractivity contribution in [1.82, 2.24) is 10.1 Å². The summed E-state index contributed by atoms with van der Waals surface area (Å²) in [5.74, 6) is 1.24. The Labute approximate surface area is 113 Å². The molecule has 1 heterocycles. The molecule has 0 saturated carbocycles. The molecule has 19 heavy (non-hydrogen) atoms. The average molecular weight is 261 g/mol. The van der Waals surface area contributed by atoms with Crippen LogP contribution in [-0.2, 0) is 11.2 Å². The van der Waals surface area contributed by atoms with Crippen molar-refractivity contribution < 1.29 is 9.26 Å². The van der Waals surface area contributed by atoms with Crippen LogP contribution in [0.3, 0.4) is 0 Å². The molecule has 1 aromatic carbocycles. The molecule has 1 unspecified atom stereocenters. The van der Waals surface area contributed by atoms with Gasteiger partial charge < -0.3 is 14.6 Å². The number of nitrogens with one attached hydrogen (secondary N) is 1. The number of para-hydroxylation sites is 1. The van der Waals surface area contributed by atoms with Gasteiger partial charge in [-0.05, 0) is 26.0 Å². The molecule has 5 nitrogen and oxygen atoms in total. The minimum absolute atomic E-state index is 0.121.